The number of nitrogens with one attached hydrogen (secondary N) is 1. The van der Waals surface area contributed by atoms with Gasteiger partial charge in [-0.2, -0.15) is 0 Å². The van der Waals surface area contributed by atoms with Crippen molar-refractivity contribution in [1.29, 1.82) is 0 Å². The number of fused-ring (bicyclic) bond motifs is 1. The summed E-state index contributed by atoms with van der Waals surface area (Å²) in [5.41, 5.74) is 0.788. The van der Waals surface area contributed by atoms with Gasteiger partial charge in [-0.3, -0.25) is 20.2 Å². The summed E-state index contributed by atoms with van der Waals surface area (Å²) in [7, 11) is 1.45. The number of nitrogens with zero attached hydrogens (tertiary/aromatic N) is 5. The molecule has 1 aromatic heterocycles. The number of anilines is 1. The average Bonchev–Trinajstić information content (AvgIpc) is 3.02. The summed E-state index contributed by atoms with van der Waals surface area (Å²) < 4.78 is 6.59. The summed E-state index contributed by atoms with van der Waals surface area (Å²) in [6.45, 7) is 0.0925. The summed E-state index contributed by atoms with van der Waals surface area (Å²) >= 11 is 0. The summed E-state index contributed by atoms with van der Waals surface area (Å²) in [6, 6.07) is 8.67. The van der Waals surface area contributed by atoms with Crippen molar-refractivity contribution in [3.8, 4) is 5.75 Å². The highest BCUT2D eigenvalue weighted by Crippen LogP contribution is 2.29. The third-order valence-electron chi connectivity index (χ3n) is 3.53. The lowest BCUT2D eigenvalue weighted by molar-refractivity contribution is -0.384. The first-order valence-electron chi connectivity index (χ1n) is 7.04. The molecule has 0 spiro atoms. The minimum Gasteiger partial charge on any atom is -0.495 e. The van der Waals surface area contributed by atoms with Crippen LogP contribution in [-0.4, -0.2) is 32.0 Å². The molecule has 0 aliphatic carbocycles. The number of benzene rings is 2. The molecule has 0 radical (unpaired) electrons. The highest BCUT2D eigenvalue weighted by Gasteiger charge is 2.17. The SMILES string of the molecule is COc1ccc([N+](=O)[O-])cc1NCn1nnc2c([N+](=O)[O-])cccc21. The van der Waals surface area contributed by atoms with Gasteiger partial charge in [0.25, 0.3) is 11.4 Å². The molecule has 0 aliphatic rings. The Morgan fingerprint density at radius 3 is 2.68 bits per heavy atom. The maximum Gasteiger partial charge on any atom is 0.299 e. The van der Waals surface area contributed by atoms with Crippen molar-refractivity contribution in [3.05, 3.63) is 56.6 Å². The normalized spacial score (nSPS) is 10.6. The third-order valence-corrected chi connectivity index (χ3v) is 3.53. The predicted molar refractivity (Wildman–Crippen MR) is 87.5 cm³/mol. The largest absolute Gasteiger partial charge is 0.495 e. The number of aromatic nitrogens is 3. The monoisotopic (exact) mass is 344 g/mol. The van der Waals surface area contributed by atoms with Crippen LogP contribution in [0.25, 0.3) is 11.0 Å². The first-order valence-corrected chi connectivity index (χ1v) is 7.04. The number of ether oxygens (including phenoxy) is 1. The van der Waals surface area contributed by atoms with Gasteiger partial charge in [-0.05, 0) is 12.1 Å². The number of rotatable bonds is 6. The molecule has 0 saturated carbocycles. The summed E-state index contributed by atoms with van der Waals surface area (Å²) in [6.07, 6.45) is 0. The lowest BCUT2D eigenvalue weighted by Gasteiger charge is -2.11. The summed E-state index contributed by atoms with van der Waals surface area (Å²) in [5, 5.41) is 32.6. The van der Waals surface area contributed by atoms with Crippen molar-refractivity contribution < 1.29 is 14.6 Å². The van der Waals surface area contributed by atoms with Gasteiger partial charge in [0.15, 0.2) is 5.52 Å². The van der Waals surface area contributed by atoms with Gasteiger partial charge in [-0.25, -0.2) is 4.68 Å². The topological polar surface area (TPSA) is 138 Å². The molecule has 0 amide bonds. The van der Waals surface area contributed by atoms with Crippen LogP contribution in [-0.2, 0) is 6.67 Å². The van der Waals surface area contributed by atoms with E-state index >= 15 is 0 Å². The molecule has 3 rings (SSSR count). The van der Waals surface area contributed by atoms with Gasteiger partial charge < -0.3 is 10.1 Å². The Kier molecular flexibility index (Phi) is 4.12. The summed E-state index contributed by atoms with van der Waals surface area (Å²) in [4.78, 5) is 20.9. The molecule has 11 heteroatoms. The number of methoxy groups -OCH3 is 1. The molecule has 0 bridgehead atoms. The first-order chi connectivity index (χ1) is 12.0. The average molecular weight is 344 g/mol. The second-order valence-electron chi connectivity index (χ2n) is 4.97. The number of non-ortho nitro benzene ring substituents is 2. The van der Waals surface area contributed by atoms with Crippen molar-refractivity contribution in [3.63, 3.8) is 0 Å². The van der Waals surface area contributed by atoms with E-state index in [4.69, 9.17) is 4.74 Å². The zero-order valence-electron chi connectivity index (χ0n) is 12.9. The van der Waals surface area contributed by atoms with Crippen molar-refractivity contribution in [2.75, 3.05) is 12.4 Å². The molecule has 1 N–H and O–H groups in total. The van der Waals surface area contributed by atoms with Gasteiger partial charge in [0, 0.05) is 18.2 Å². The number of nitro groups is 2. The third kappa shape index (κ3) is 3.02. The van der Waals surface area contributed by atoms with Crippen LogP contribution in [0.2, 0.25) is 0 Å². The molecule has 0 fully saturated rings. The standard InChI is InChI=1S/C14H12N6O5/c1-25-13-6-5-9(19(21)22)7-10(13)15-8-18-11-3-2-4-12(20(23)24)14(11)16-17-18/h2-7,15H,8H2,1H3. The van der Waals surface area contributed by atoms with E-state index in [1.807, 2.05) is 0 Å². The molecular weight excluding hydrogens is 332 g/mol. The van der Waals surface area contributed by atoms with E-state index in [9.17, 15) is 20.2 Å². The van der Waals surface area contributed by atoms with Gasteiger partial charge in [-0.1, -0.05) is 11.3 Å². The fourth-order valence-electron chi connectivity index (χ4n) is 2.35. The minimum atomic E-state index is -0.529. The van der Waals surface area contributed by atoms with E-state index in [1.54, 1.807) is 6.07 Å². The van der Waals surface area contributed by atoms with E-state index < -0.39 is 9.85 Å². The lowest BCUT2D eigenvalue weighted by Crippen LogP contribution is -2.10. The first kappa shape index (κ1) is 16.1. The maximum atomic E-state index is 11.0. The minimum absolute atomic E-state index is 0.0925. The van der Waals surface area contributed by atoms with Crippen LogP contribution in [0, 0.1) is 20.2 Å². The van der Waals surface area contributed by atoms with Crippen LogP contribution < -0.4 is 10.1 Å². The zero-order chi connectivity index (χ0) is 18.0. The van der Waals surface area contributed by atoms with Gasteiger partial charge in [0.05, 0.1) is 28.2 Å². The molecule has 2 aromatic carbocycles. The zero-order valence-corrected chi connectivity index (χ0v) is 12.9. The lowest BCUT2D eigenvalue weighted by atomic mass is 10.2. The van der Waals surface area contributed by atoms with Crippen molar-refractivity contribution in [2.45, 2.75) is 6.67 Å². The number of hydrogen-bond acceptors (Lipinski definition) is 8. The fourth-order valence-corrected chi connectivity index (χ4v) is 2.35. The van der Waals surface area contributed by atoms with E-state index in [1.165, 1.54) is 42.1 Å². The smallest absolute Gasteiger partial charge is 0.299 e. The number of hydrogen-bond donors (Lipinski definition) is 1. The van der Waals surface area contributed by atoms with E-state index in [2.05, 4.69) is 15.6 Å². The van der Waals surface area contributed by atoms with Crippen molar-refractivity contribution >= 4 is 28.1 Å². The quantitative estimate of drug-likeness (QED) is 0.531. The van der Waals surface area contributed by atoms with Gasteiger partial charge >= 0.3 is 0 Å². The Morgan fingerprint density at radius 2 is 2.00 bits per heavy atom. The Hall–Kier alpha value is -3.76. The molecule has 128 valence electrons. The molecule has 1 heterocycles. The fraction of sp³-hybridized carbons (Fsp3) is 0.143. The van der Waals surface area contributed by atoms with Crippen LogP contribution in [0.1, 0.15) is 0 Å². The van der Waals surface area contributed by atoms with Crippen LogP contribution in [0.4, 0.5) is 17.1 Å². The molecule has 25 heavy (non-hydrogen) atoms. The van der Waals surface area contributed by atoms with Gasteiger partial charge in [0.1, 0.15) is 12.4 Å². The molecule has 3 aromatic rings. The Morgan fingerprint density at radius 1 is 1.20 bits per heavy atom. The second kappa shape index (κ2) is 6.39. The molecule has 0 saturated heterocycles. The Labute approximate surface area is 140 Å². The van der Waals surface area contributed by atoms with Crippen LogP contribution in [0.5, 0.6) is 5.75 Å². The maximum absolute atomic E-state index is 11.0. The predicted octanol–water partition coefficient (Wildman–Crippen LogP) is 2.33. The Bertz CT molecular complexity index is 970. The van der Waals surface area contributed by atoms with E-state index in [0.29, 0.717) is 17.0 Å². The van der Waals surface area contributed by atoms with E-state index in [-0.39, 0.29) is 23.6 Å². The summed E-state index contributed by atoms with van der Waals surface area (Å²) in [5.74, 6) is 0.418. The molecule has 0 unspecified atom stereocenters. The van der Waals surface area contributed by atoms with Gasteiger partial charge in [-0.15, -0.1) is 5.10 Å². The molecule has 11 nitrogen and oxygen atoms in total. The molecule has 0 aliphatic heterocycles. The van der Waals surface area contributed by atoms with Crippen LogP contribution in [0.3, 0.4) is 0 Å². The Balaban J connectivity index is 1.91. The van der Waals surface area contributed by atoms with Crippen molar-refractivity contribution in [2.24, 2.45) is 0 Å². The molecular formula is C14H12N6O5. The number of nitro benzene ring substituents is 2. The second-order valence-corrected chi connectivity index (χ2v) is 4.97. The van der Waals surface area contributed by atoms with Crippen LogP contribution >= 0.6 is 0 Å². The van der Waals surface area contributed by atoms with Crippen LogP contribution in [0.15, 0.2) is 36.4 Å². The van der Waals surface area contributed by atoms with Gasteiger partial charge in [0.2, 0.25) is 0 Å². The highest BCUT2D eigenvalue weighted by atomic mass is 16.6. The highest BCUT2D eigenvalue weighted by molar-refractivity contribution is 5.83. The molecule has 0 atom stereocenters. The van der Waals surface area contributed by atoms with Crippen molar-refractivity contribution in [1.82, 2.24) is 15.0 Å². The van der Waals surface area contributed by atoms with E-state index in [0.717, 1.165) is 0 Å².